The summed E-state index contributed by atoms with van der Waals surface area (Å²) in [7, 11) is 10.6. The van der Waals surface area contributed by atoms with E-state index >= 15 is 0 Å². The number of carbonyl (C=O) groups is 8. The number of aryl methyl sites for hydroxylation is 2. The first-order chi connectivity index (χ1) is 65.1. The molecule has 8 atom stereocenters. The summed E-state index contributed by atoms with van der Waals surface area (Å²) in [6.07, 6.45) is -31.6. The number of hydrogen-bond acceptors (Lipinski definition) is 15. The Kier molecular flexibility index (Phi) is 88.3. The summed E-state index contributed by atoms with van der Waals surface area (Å²) in [4.78, 5) is 102. The van der Waals surface area contributed by atoms with Gasteiger partial charge in [-0.2, -0.15) is 97.5 Å². The van der Waals surface area contributed by atoms with Gasteiger partial charge in [-0.1, -0.05) is 244 Å². The quantitative estimate of drug-likeness (QED) is 0.00540. The van der Waals surface area contributed by atoms with Gasteiger partial charge in [0.2, 0.25) is 5.91 Å². The van der Waals surface area contributed by atoms with Gasteiger partial charge in [-0.3, -0.25) is 52.9 Å². The standard InChI is InChI=1S/C18H15P.C15H18F3N.C15H19F3O2.C8H14F3NO2.C8H12F3NO2.C7H12F3NO2.C7H9N.C6H9F3O.C5H9NO2.C4H8ClNO2.C4H5F3O.2CH4.Al.Li.4H/c1-4-10-16(11-5-1)19(17-12-6-2-7-13-17)18-14-8-3-9-15-18;1-12(10-15(16,17)18)9-14(11-19)8-7-13-5-3-2-4-6-13;1-11(10-15(16,17)18)9-13(14(19)20)8-7-12-5-3-2-4-6-12;2*1-6(5-8(9,10)11)4-7(13)12(2)14-3;1-4(3-7(8,9)10)2-5(11)6(12)13;8-6-7-4-2-1-3-5-7;1-5(2-3-10)4-6(7,8)9;1-4-5(7)6(2)8-3;1-6(8-2)4(7)3-5;1-3(8)2-4(5,6)7;;;;;;;;/h1-15H;2-6,12,14H,7-10H2,1H3;2-6,11,13H,7-10H2,1H3,(H,19,20);6H,4-5H2,1-3H3;4H,5H2,1-3H3;4-5H,2-3,11H2,1H3,(H,12,13);1-5H,6,8H2;3,5H,2,4H2,1H3;4H,1H2,2-3H3;3H2,1-2H3;2H2,1H3;2*1H4;;;;;;/q;;;;;;;;;;;;;;+1;;;;-1/b;;;;6-4+;;;;;;;;;;;;;;. The van der Waals surface area contributed by atoms with Crippen LogP contribution in [0.4, 0.5) is 92.2 Å². The molecule has 0 saturated carbocycles. The summed E-state index contributed by atoms with van der Waals surface area (Å²) in [5, 5.41) is 34.6. The Bertz CT molecular complexity index is 4350. The number of nitrogens with zero attached hydrogens (tertiary/aromatic N) is 5. The van der Waals surface area contributed by atoms with Gasteiger partial charge in [-0.25, -0.2) is 20.3 Å². The first-order valence-corrected chi connectivity index (χ1v) is 44.9. The Hall–Kier alpha value is -9.41. The Morgan fingerprint density at radius 3 is 1.02 bits per heavy atom. The molecule has 0 radical (unpaired) electrons. The third kappa shape index (κ3) is 94.1. The van der Waals surface area contributed by atoms with E-state index in [2.05, 4.69) is 123 Å². The molecule has 0 heterocycles. The summed E-state index contributed by atoms with van der Waals surface area (Å²) in [6, 6.07) is 62.3. The number of alkyl halides is 22. The Morgan fingerprint density at radius 2 is 0.759 bits per heavy atom. The van der Waals surface area contributed by atoms with Gasteiger partial charge in [0.15, 0.2) is 17.4 Å². The van der Waals surface area contributed by atoms with E-state index in [9.17, 15) is 131 Å². The van der Waals surface area contributed by atoms with Crippen LogP contribution in [0.2, 0.25) is 0 Å². The third-order valence-electron chi connectivity index (χ3n) is 18.2. The summed E-state index contributed by atoms with van der Waals surface area (Å²) >= 11 is 5.15. The number of nitriles is 1. The first kappa shape index (κ1) is 153. The number of allylic oxidation sites excluding steroid dienone is 1. The second kappa shape index (κ2) is 83.5. The van der Waals surface area contributed by atoms with E-state index in [0.717, 1.165) is 50.8 Å². The molecule has 0 bridgehead atoms. The van der Waals surface area contributed by atoms with Gasteiger partial charge in [-0.15, -0.1) is 11.6 Å². The number of nitrogens with two attached hydrogens (primary N) is 2. The van der Waals surface area contributed by atoms with E-state index in [1.54, 1.807) is 6.92 Å². The monoisotopic (exact) mass is 2150 g/mol. The number of hydroxylamine groups is 8. The molecular weight excluding hydrogens is 2010 g/mol. The van der Waals surface area contributed by atoms with Crippen molar-refractivity contribution >= 4 is 100 Å². The van der Waals surface area contributed by atoms with Crippen LogP contribution >= 0.6 is 19.5 Å². The van der Waals surface area contributed by atoms with E-state index in [4.69, 9.17) is 38.5 Å². The van der Waals surface area contributed by atoms with E-state index < -0.39 is 167 Å². The van der Waals surface area contributed by atoms with Crippen LogP contribution in [0.5, 0.6) is 0 Å². The zero-order valence-corrected chi connectivity index (χ0v) is 83.7. The molecule has 0 spiro atoms. The first-order valence-electron chi connectivity index (χ1n) is 43.0. The Labute approximate surface area is 868 Å². The molecule has 6 N–H and O–H groups in total. The summed E-state index contributed by atoms with van der Waals surface area (Å²) < 4.78 is 248. The average Bonchev–Trinajstić information content (AvgIpc) is 0.816. The maximum Gasteiger partial charge on any atom is 1.00 e. The number of halogens is 22. The van der Waals surface area contributed by atoms with Crippen molar-refractivity contribution in [3.8, 4) is 6.07 Å². The van der Waals surface area contributed by atoms with Gasteiger partial charge >= 0.3 is 74.0 Å². The van der Waals surface area contributed by atoms with Crippen molar-refractivity contribution in [1.82, 2.24) is 20.3 Å². The molecule has 0 saturated heterocycles. The second-order valence-electron chi connectivity index (χ2n) is 31.6. The van der Waals surface area contributed by atoms with Crippen LogP contribution in [-0.2, 0) is 77.1 Å². The molecule has 0 aromatic heterocycles. The second-order valence-corrected chi connectivity index (χ2v) is 34.1. The average molecular weight is 2150 g/mol. The molecule has 6 rings (SSSR count). The van der Waals surface area contributed by atoms with Crippen LogP contribution in [0.25, 0.3) is 0 Å². The number of carbonyl (C=O) groups excluding carboxylic acids is 6. The van der Waals surface area contributed by atoms with E-state index in [0.29, 0.717) is 38.5 Å². The van der Waals surface area contributed by atoms with Gasteiger partial charge in [0.1, 0.15) is 30.4 Å². The number of Topliss-reactive ketones (excluding diaryl/α,β-unsaturated/α-hetero) is 1. The molecule has 0 aliphatic heterocycles. The van der Waals surface area contributed by atoms with Crippen molar-refractivity contribution in [3.63, 3.8) is 0 Å². The van der Waals surface area contributed by atoms with E-state index in [-0.39, 0.29) is 107 Å². The molecule has 6 aromatic carbocycles. The third-order valence-corrected chi connectivity index (χ3v) is 20.8. The molecule has 8 unspecified atom stereocenters. The molecule has 46 heteroatoms. The summed E-state index contributed by atoms with van der Waals surface area (Å²) in [6.45, 7) is 13.2. The van der Waals surface area contributed by atoms with Crippen molar-refractivity contribution in [2.24, 2.45) is 52.9 Å². The molecule has 0 aliphatic rings. The fourth-order valence-corrected chi connectivity index (χ4v) is 13.8. The zero-order valence-electron chi connectivity index (χ0n) is 83.1. The van der Waals surface area contributed by atoms with Crippen LogP contribution in [0, 0.1) is 52.8 Å². The van der Waals surface area contributed by atoms with Gasteiger partial charge in [-0.05, 0) is 135 Å². The van der Waals surface area contributed by atoms with Crippen LogP contribution in [0.3, 0.4) is 0 Å². The van der Waals surface area contributed by atoms with E-state index in [1.807, 2.05) is 91.0 Å². The van der Waals surface area contributed by atoms with Crippen LogP contribution in [0.1, 0.15) is 171 Å². The number of likely N-dealkylation sites (N-methyl/N-ethyl adjacent to an activating group) is 2. The predicted molar refractivity (Wildman–Crippen MR) is 524 cm³/mol. The SMILES string of the molecule is C.C.C=CC(=O)N(C)OC.CC(=O)CC(F)(F)F.CC(CC(C#N)CCc1ccccc1)CC(F)(F)F.CC(CC(CCc1ccccc1)C(=O)O)CC(F)(F)F.CC(CC(N)C(=O)O)CC(F)(F)F.CC(CC=O)CC(F)(F)F.CON(C)C(=O)/C=C(\C)CC(F)(F)F.CON(C)C(=O)CC(C)CC(F)(F)F.CON(C)C(=O)CCl.NCc1ccccc1.[AlH3].[H-].[Li+].c1ccc(P(c2ccccc2)c2ccccc2)cc1. The largest absolute Gasteiger partial charge is 1.00 e. The molecule has 0 fully saturated rings. The zero-order chi connectivity index (χ0) is 110. The molecule has 4 amide bonds. The number of rotatable bonds is 36. The minimum atomic E-state index is -4.33. The van der Waals surface area contributed by atoms with Gasteiger partial charge in [0.25, 0.3) is 17.7 Å². The summed E-state index contributed by atoms with van der Waals surface area (Å²) in [5.74, 6) is -9.01. The number of ketones is 1. The van der Waals surface area contributed by atoms with Crippen molar-refractivity contribution in [2.75, 3.05) is 62.5 Å². The fourth-order valence-electron chi connectivity index (χ4n) is 11.4. The molecule has 0 aliphatic carbocycles. The molecule has 21 nitrogen and oxygen atoms in total. The topological polar surface area (TPSA) is 303 Å². The molecular formula is C99H142AlClF21LiN7O14P. The van der Waals surface area contributed by atoms with Crippen LogP contribution in [-0.4, -0.2) is 207 Å². The van der Waals surface area contributed by atoms with Crippen molar-refractivity contribution in [3.05, 3.63) is 223 Å². The van der Waals surface area contributed by atoms with E-state index in [1.165, 1.54) is 119 Å². The van der Waals surface area contributed by atoms with Crippen LogP contribution < -0.4 is 46.2 Å². The maximum absolute atomic E-state index is 12.3. The Balaban J connectivity index is -0.000000176. The van der Waals surface area contributed by atoms with Crippen molar-refractivity contribution in [1.29, 1.82) is 5.26 Å². The van der Waals surface area contributed by atoms with Gasteiger partial charge < -0.3 is 27.9 Å². The minimum absolute atomic E-state index is 0. The number of amides is 4. The van der Waals surface area contributed by atoms with Crippen LogP contribution in [0.15, 0.2) is 206 Å². The molecule has 6 aromatic rings. The normalized spacial score (nSPS) is 12.5. The Morgan fingerprint density at radius 1 is 0.455 bits per heavy atom. The number of aldehydes is 1. The van der Waals surface area contributed by atoms with Gasteiger partial charge in [0, 0.05) is 91.7 Å². The number of carboxylic acid groups (broad SMARTS) is 2. The molecule has 820 valence electrons. The maximum atomic E-state index is 12.3. The van der Waals surface area contributed by atoms with Crippen molar-refractivity contribution < 1.29 is 180 Å². The fraction of sp³-hybridized carbons (Fsp3) is 0.505. The smallest absolute Gasteiger partial charge is 1.00 e. The number of carboxylic acids is 2. The van der Waals surface area contributed by atoms with Crippen molar-refractivity contribution in [2.45, 2.75) is 222 Å². The summed E-state index contributed by atoms with van der Waals surface area (Å²) in [5.41, 5.74) is 13.7. The van der Waals surface area contributed by atoms with Gasteiger partial charge in [0.05, 0.1) is 46.8 Å². The number of aliphatic carboxylic acids is 2. The molecule has 145 heavy (non-hydrogen) atoms. The number of hydrogen-bond donors (Lipinski definition) is 4. The number of benzene rings is 6. The predicted octanol–water partition coefficient (Wildman–Crippen LogP) is 20.2. The minimum Gasteiger partial charge on any atom is -1.00 e.